The largest absolute Gasteiger partial charge is 0.465 e. The van der Waals surface area contributed by atoms with Crippen LogP contribution in [0.1, 0.15) is 24.2 Å². The summed E-state index contributed by atoms with van der Waals surface area (Å²) in [7, 11) is -2.69. The van der Waals surface area contributed by atoms with Gasteiger partial charge in [-0.15, -0.1) is 0 Å². The monoisotopic (exact) mass is 320 g/mol. The highest BCUT2D eigenvalue weighted by Crippen LogP contribution is 2.24. The first-order chi connectivity index (χ1) is 9.13. The van der Waals surface area contributed by atoms with Crippen LogP contribution in [-0.4, -0.2) is 33.6 Å². The Kier molecular flexibility index (Phi) is 5.15. The van der Waals surface area contributed by atoms with E-state index in [9.17, 15) is 13.2 Å². The van der Waals surface area contributed by atoms with Crippen LogP contribution in [0.25, 0.3) is 0 Å². The Balaban J connectivity index is 3.28. The molecule has 112 valence electrons. The maximum Gasteiger partial charge on any atom is 0.337 e. The zero-order valence-electron chi connectivity index (χ0n) is 11.4. The number of benzene rings is 1. The van der Waals surface area contributed by atoms with Crippen molar-refractivity contribution in [2.45, 2.75) is 24.3 Å². The highest BCUT2D eigenvalue weighted by Gasteiger charge is 2.27. The Morgan fingerprint density at radius 1 is 1.45 bits per heavy atom. The second-order valence-electron chi connectivity index (χ2n) is 4.83. The Morgan fingerprint density at radius 3 is 2.55 bits per heavy atom. The van der Waals surface area contributed by atoms with E-state index in [1.54, 1.807) is 13.8 Å². The Bertz CT molecular complexity index is 614. The molecule has 0 bridgehead atoms. The van der Waals surface area contributed by atoms with E-state index >= 15 is 0 Å². The summed E-state index contributed by atoms with van der Waals surface area (Å²) in [6, 6.07) is 3.89. The second-order valence-corrected chi connectivity index (χ2v) is 6.89. The van der Waals surface area contributed by atoms with E-state index < -0.39 is 21.5 Å². The van der Waals surface area contributed by atoms with E-state index in [1.165, 1.54) is 25.3 Å². The van der Waals surface area contributed by atoms with Crippen LogP contribution in [-0.2, 0) is 14.8 Å². The molecule has 1 aromatic rings. The third kappa shape index (κ3) is 3.92. The molecular formula is C12H17ClN2O4S. The van der Waals surface area contributed by atoms with E-state index in [2.05, 4.69) is 9.46 Å². The van der Waals surface area contributed by atoms with Crippen LogP contribution in [0.15, 0.2) is 23.1 Å². The normalized spacial score (nSPS) is 12.2. The maximum atomic E-state index is 12.3. The maximum absolute atomic E-state index is 12.3. The predicted octanol–water partition coefficient (Wildman–Crippen LogP) is 1.14. The zero-order valence-corrected chi connectivity index (χ0v) is 13.0. The summed E-state index contributed by atoms with van der Waals surface area (Å²) >= 11 is 5.90. The topological polar surface area (TPSA) is 98.5 Å². The van der Waals surface area contributed by atoms with Crippen LogP contribution in [0.4, 0.5) is 0 Å². The average molecular weight is 321 g/mol. The van der Waals surface area contributed by atoms with Gasteiger partial charge in [-0.05, 0) is 32.0 Å². The molecule has 3 N–H and O–H groups in total. The molecule has 0 fully saturated rings. The van der Waals surface area contributed by atoms with Crippen LogP contribution in [0.3, 0.4) is 0 Å². The molecule has 0 saturated heterocycles. The van der Waals surface area contributed by atoms with Crippen molar-refractivity contribution in [1.82, 2.24) is 4.72 Å². The van der Waals surface area contributed by atoms with E-state index in [-0.39, 0.29) is 22.0 Å². The SMILES string of the molecule is COC(=O)c1ccc(Cl)c(S(=O)(=O)NC(C)(C)CN)c1. The van der Waals surface area contributed by atoms with Crippen molar-refractivity contribution in [3.8, 4) is 0 Å². The lowest BCUT2D eigenvalue weighted by Gasteiger charge is -2.24. The van der Waals surface area contributed by atoms with Crippen LogP contribution in [0.2, 0.25) is 5.02 Å². The number of hydrogen-bond acceptors (Lipinski definition) is 5. The minimum atomic E-state index is -3.89. The molecule has 0 saturated carbocycles. The molecule has 0 atom stereocenters. The van der Waals surface area contributed by atoms with Gasteiger partial charge in [-0.1, -0.05) is 11.6 Å². The smallest absolute Gasteiger partial charge is 0.337 e. The van der Waals surface area contributed by atoms with Gasteiger partial charge in [-0.2, -0.15) is 0 Å². The van der Waals surface area contributed by atoms with Gasteiger partial charge >= 0.3 is 5.97 Å². The fourth-order valence-corrected chi connectivity index (χ4v) is 3.36. The molecule has 0 spiro atoms. The van der Waals surface area contributed by atoms with E-state index in [4.69, 9.17) is 17.3 Å². The number of nitrogens with two attached hydrogens (primary N) is 1. The minimum absolute atomic E-state index is 0.0120. The molecule has 8 heteroatoms. The Morgan fingerprint density at radius 2 is 2.05 bits per heavy atom. The fraction of sp³-hybridized carbons (Fsp3) is 0.417. The van der Waals surface area contributed by atoms with Crippen molar-refractivity contribution in [3.63, 3.8) is 0 Å². The first kappa shape index (κ1) is 16.9. The second kappa shape index (κ2) is 6.09. The molecule has 0 heterocycles. The van der Waals surface area contributed by atoms with Crippen molar-refractivity contribution < 1.29 is 17.9 Å². The number of ether oxygens (including phenoxy) is 1. The van der Waals surface area contributed by atoms with E-state index in [0.29, 0.717) is 0 Å². The molecule has 0 aromatic heterocycles. The number of rotatable bonds is 5. The molecule has 0 aliphatic rings. The fourth-order valence-electron chi connectivity index (χ4n) is 1.41. The van der Waals surface area contributed by atoms with Crippen molar-refractivity contribution in [1.29, 1.82) is 0 Å². The quantitative estimate of drug-likeness (QED) is 0.793. The van der Waals surface area contributed by atoms with Crippen molar-refractivity contribution in [2.24, 2.45) is 5.73 Å². The first-order valence-corrected chi connectivity index (χ1v) is 7.61. The van der Waals surface area contributed by atoms with Crippen LogP contribution in [0, 0.1) is 0 Å². The van der Waals surface area contributed by atoms with Crippen molar-refractivity contribution in [3.05, 3.63) is 28.8 Å². The average Bonchev–Trinajstić information content (AvgIpc) is 2.37. The van der Waals surface area contributed by atoms with Gasteiger partial charge in [0.1, 0.15) is 4.90 Å². The summed E-state index contributed by atoms with van der Waals surface area (Å²) in [6.07, 6.45) is 0. The summed E-state index contributed by atoms with van der Waals surface area (Å²) in [6.45, 7) is 3.39. The number of methoxy groups -OCH3 is 1. The summed E-state index contributed by atoms with van der Waals surface area (Å²) < 4.78 is 31.6. The Hall–Kier alpha value is -1.15. The van der Waals surface area contributed by atoms with Gasteiger partial charge in [0, 0.05) is 12.1 Å². The highest BCUT2D eigenvalue weighted by molar-refractivity contribution is 7.89. The molecule has 1 rings (SSSR count). The van der Waals surface area contributed by atoms with E-state index in [0.717, 1.165) is 0 Å². The standard InChI is InChI=1S/C12H17ClN2O4S/c1-12(2,7-14)15-20(17,18)10-6-8(11(16)19-3)4-5-9(10)13/h4-6,15H,7,14H2,1-3H3. The number of sulfonamides is 1. The van der Waals surface area contributed by atoms with Gasteiger partial charge in [0.25, 0.3) is 0 Å². The first-order valence-electron chi connectivity index (χ1n) is 5.75. The third-order valence-electron chi connectivity index (χ3n) is 2.56. The minimum Gasteiger partial charge on any atom is -0.465 e. The lowest BCUT2D eigenvalue weighted by molar-refractivity contribution is 0.0600. The zero-order chi connectivity index (χ0) is 15.6. The van der Waals surface area contributed by atoms with Gasteiger partial charge in [0.15, 0.2) is 0 Å². The van der Waals surface area contributed by atoms with Crippen LogP contribution in [0.5, 0.6) is 0 Å². The summed E-state index contributed by atoms with van der Waals surface area (Å²) in [4.78, 5) is 11.3. The molecule has 20 heavy (non-hydrogen) atoms. The molecular weight excluding hydrogens is 304 g/mol. The highest BCUT2D eigenvalue weighted by atomic mass is 35.5. The lowest BCUT2D eigenvalue weighted by atomic mass is 10.1. The molecule has 0 aliphatic carbocycles. The summed E-state index contributed by atoms with van der Waals surface area (Å²) in [5.41, 5.74) is 4.77. The number of hydrogen-bond donors (Lipinski definition) is 2. The molecule has 0 aliphatic heterocycles. The number of halogens is 1. The lowest BCUT2D eigenvalue weighted by Crippen LogP contribution is -2.48. The number of nitrogens with one attached hydrogen (secondary N) is 1. The third-order valence-corrected chi connectivity index (χ3v) is 4.74. The number of carbonyl (C=O) groups excluding carboxylic acids is 1. The van der Waals surface area contributed by atoms with Gasteiger partial charge in [-0.3, -0.25) is 0 Å². The summed E-state index contributed by atoms with van der Waals surface area (Å²) in [5, 5.41) is 0.0120. The Labute approximate surface area is 123 Å². The molecule has 6 nitrogen and oxygen atoms in total. The van der Waals surface area contributed by atoms with Crippen LogP contribution < -0.4 is 10.5 Å². The number of esters is 1. The van der Waals surface area contributed by atoms with Gasteiger partial charge in [0.05, 0.1) is 17.7 Å². The van der Waals surface area contributed by atoms with E-state index in [1.807, 2.05) is 0 Å². The van der Waals surface area contributed by atoms with Gasteiger partial charge in [-0.25, -0.2) is 17.9 Å². The molecule has 1 aromatic carbocycles. The van der Waals surface area contributed by atoms with Gasteiger partial charge < -0.3 is 10.5 Å². The predicted molar refractivity (Wildman–Crippen MR) is 76.2 cm³/mol. The van der Waals surface area contributed by atoms with Crippen LogP contribution >= 0.6 is 11.6 Å². The molecule has 0 unspecified atom stereocenters. The van der Waals surface area contributed by atoms with Crippen molar-refractivity contribution >= 4 is 27.6 Å². The van der Waals surface area contributed by atoms with Gasteiger partial charge in [0.2, 0.25) is 10.0 Å². The number of carbonyl (C=O) groups is 1. The molecule has 0 amide bonds. The summed E-state index contributed by atoms with van der Waals surface area (Å²) in [5.74, 6) is -0.642. The molecule has 0 radical (unpaired) electrons. The van der Waals surface area contributed by atoms with Crippen molar-refractivity contribution in [2.75, 3.05) is 13.7 Å².